The molecule has 6 rings (SSSR count). The fraction of sp³-hybridized carbons (Fsp3) is 0.0909. The van der Waals surface area contributed by atoms with E-state index >= 15 is 0 Å². The predicted molar refractivity (Wildman–Crippen MR) is 145 cm³/mol. The number of benzene rings is 4. The highest BCUT2D eigenvalue weighted by Crippen LogP contribution is 2.53. The Morgan fingerprint density at radius 2 is 1.56 bits per heavy atom. The van der Waals surface area contributed by atoms with Crippen molar-refractivity contribution in [1.82, 2.24) is 4.98 Å². The summed E-state index contributed by atoms with van der Waals surface area (Å²) in [5, 5.41) is 0.859. The number of halogens is 1. The lowest BCUT2D eigenvalue weighted by Gasteiger charge is -2.38. The second-order valence-electron chi connectivity index (χ2n) is 9.07. The van der Waals surface area contributed by atoms with Crippen molar-refractivity contribution in [2.24, 2.45) is 0 Å². The van der Waals surface area contributed by atoms with E-state index in [1.165, 1.54) is 11.6 Å². The Kier molecular flexibility index (Phi) is 5.54. The Morgan fingerprint density at radius 3 is 2.28 bits per heavy atom. The number of rotatable bonds is 6. The summed E-state index contributed by atoms with van der Waals surface area (Å²) < 4.78 is 20.6. The van der Waals surface area contributed by atoms with Gasteiger partial charge < -0.3 is 9.72 Å². The first-order valence-corrected chi connectivity index (χ1v) is 12.2. The van der Waals surface area contributed by atoms with Crippen molar-refractivity contribution in [1.29, 1.82) is 0 Å². The molecule has 4 aromatic carbocycles. The quantitative estimate of drug-likeness (QED) is 0.265. The van der Waals surface area contributed by atoms with Crippen LogP contribution in [0, 0.1) is 5.82 Å². The maximum absolute atomic E-state index is 14.6. The molecule has 1 aromatic heterocycles. The van der Waals surface area contributed by atoms with E-state index in [1.807, 2.05) is 42.5 Å². The third-order valence-electron chi connectivity index (χ3n) is 7.17. The monoisotopic (exact) mass is 471 g/mol. The molecule has 0 saturated carbocycles. The normalized spacial score (nSPS) is 14.6. The van der Waals surface area contributed by atoms with Gasteiger partial charge in [-0.15, -0.1) is 0 Å². The van der Waals surface area contributed by atoms with Gasteiger partial charge in [-0.2, -0.15) is 0 Å². The molecule has 0 spiro atoms. The lowest BCUT2D eigenvalue weighted by molar-refractivity contribution is 0.404. The Morgan fingerprint density at radius 1 is 0.833 bits per heavy atom. The number of ether oxygens (including phenoxy) is 1. The molecule has 1 heterocycles. The minimum Gasteiger partial charge on any atom is -0.496 e. The van der Waals surface area contributed by atoms with Crippen LogP contribution in [0.3, 0.4) is 0 Å². The molecule has 1 atom stereocenters. The highest BCUT2D eigenvalue weighted by molar-refractivity contribution is 5.99. The minimum atomic E-state index is -0.696. The predicted octanol–water partition coefficient (Wildman–Crippen LogP) is 8.20. The van der Waals surface area contributed by atoms with E-state index in [9.17, 15) is 4.39 Å². The SMILES string of the molecule is COc1ccccc1[C@](C1=CC=CC1)(c1ccccc1)c1[nH]c2ccc(F)cc2c1-c1ccccc1. The van der Waals surface area contributed by atoms with Gasteiger partial charge in [-0.05, 0) is 47.4 Å². The van der Waals surface area contributed by atoms with Gasteiger partial charge in [-0.1, -0.05) is 97.1 Å². The first-order chi connectivity index (χ1) is 17.7. The van der Waals surface area contributed by atoms with Crippen LogP contribution in [0.2, 0.25) is 0 Å². The minimum absolute atomic E-state index is 0.255. The maximum Gasteiger partial charge on any atom is 0.123 e. The standard InChI is InChI=1S/C33H26FNO/c1-36-30-19-11-10-18-28(30)33(25-16-8-9-17-25,24-14-6-3-7-15-24)32-31(23-12-4-2-5-13-23)27-22-26(34)20-21-29(27)35-32/h2-16,18-22,35H,17H2,1H3/t33-/m1/s1. The number of aromatic nitrogens is 1. The molecule has 0 amide bonds. The van der Waals surface area contributed by atoms with E-state index in [0.29, 0.717) is 0 Å². The summed E-state index contributed by atoms with van der Waals surface area (Å²) in [4.78, 5) is 3.77. The Hall–Kier alpha value is -4.37. The smallest absolute Gasteiger partial charge is 0.123 e. The zero-order chi connectivity index (χ0) is 24.5. The molecule has 36 heavy (non-hydrogen) atoms. The number of methoxy groups -OCH3 is 1. The zero-order valence-electron chi connectivity index (χ0n) is 20.0. The Labute approximate surface area is 210 Å². The summed E-state index contributed by atoms with van der Waals surface area (Å²) in [6, 6.07) is 34.0. The average molecular weight is 472 g/mol. The Balaban J connectivity index is 1.83. The number of allylic oxidation sites excluding steroid dienone is 4. The summed E-state index contributed by atoms with van der Waals surface area (Å²) in [6.45, 7) is 0. The Bertz CT molecular complexity index is 1600. The molecular weight excluding hydrogens is 445 g/mol. The summed E-state index contributed by atoms with van der Waals surface area (Å²) in [7, 11) is 1.72. The summed E-state index contributed by atoms with van der Waals surface area (Å²) >= 11 is 0. The third-order valence-corrected chi connectivity index (χ3v) is 7.17. The van der Waals surface area contributed by atoms with Crippen LogP contribution in [0.5, 0.6) is 5.75 Å². The van der Waals surface area contributed by atoms with Crippen LogP contribution in [0.15, 0.2) is 127 Å². The van der Waals surface area contributed by atoms with Crippen molar-refractivity contribution < 1.29 is 9.13 Å². The van der Waals surface area contributed by atoms with Crippen molar-refractivity contribution in [3.05, 3.63) is 150 Å². The van der Waals surface area contributed by atoms with Crippen molar-refractivity contribution in [2.75, 3.05) is 7.11 Å². The van der Waals surface area contributed by atoms with Crippen molar-refractivity contribution in [2.45, 2.75) is 11.8 Å². The second-order valence-corrected chi connectivity index (χ2v) is 9.07. The van der Waals surface area contributed by atoms with Crippen molar-refractivity contribution >= 4 is 10.9 Å². The molecule has 1 aliphatic carbocycles. The molecule has 0 aliphatic heterocycles. The van der Waals surface area contributed by atoms with Gasteiger partial charge in [0.1, 0.15) is 11.6 Å². The summed E-state index contributed by atoms with van der Waals surface area (Å²) in [5.74, 6) is 0.549. The summed E-state index contributed by atoms with van der Waals surface area (Å²) in [6.07, 6.45) is 7.31. The van der Waals surface area contributed by atoms with Gasteiger partial charge in [0.05, 0.1) is 12.5 Å². The van der Waals surface area contributed by atoms with Crippen LogP contribution in [0.1, 0.15) is 23.2 Å². The number of aromatic amines is 1. The number of hydrogen-bond acceptors (Lipinski definition) is 1. The molecule has 0 saturated heterocycles. The van der Waals surface area contributed by atoms with Crippen LogP contribution < -0.4 is 4.74 Å². The zero-order valence-corrected chi connectivity index (χ0v) is 20.0. The lowest BCUT2D eigenvalue weighted by Crippen LogP contribution is -2.33. The fourth-order valence-electron chi connectivity index (χ4n) is 5.67. The van der Waals surface area contributed by atoms with Crippen molar-refractivity contribution in [3.63, 3.8) is 0 Å². The number of hydrogen-bond donors (Lipinski definition) is 1. The molecule has 0 fully saturated rings. The van der Waals surface area contributed by atoms with Crippen LogP contribution in [0.25, 0.3) is 22.0 Å². The van der Waals surface area contributed by atoms with E-state index in [4.69, 9.17) is 4.74 Å². The number of para-hydroxylation sites is 1. The molecule has 0 bridgehead atoms. The van der Waals surface area contributed by atoms with Crippen LogP contribution in [-0.4, -0.2) is 12.1 Å². The number of fused-ring (bicyclic) bond motifs is 1. The van der Waals surface area contributed by atoms with Gasteiger partial charge in [-0.3, -0.25) is 0 Å². The van der Waals surface area contributed by atoms with Gasteiger partial charge in [0.25, 0.3) is 0 Å². The maximum atomic E-state index is 14.6. The molecule has 1 N–H and O–H groups in total. The van der Waals surface area contributed by atoms with E-state index in [1.54, 1.807) is 13.2 Å². The second kappa shape index (κ2) is 9.01. The van der Waals surface area contributed by atoms with Crippen LogP contribution in [-0.2, 0) is 5.41 Å². The van der Waals surface area contributed by atoms with Gasteiger partial charge in [0.2, 0.25) is 0 Å². The summed E-state index contributed by atoms with van der Waals surface area (Å²) in [5.41, 5.74) is 6.61. The van der Waals surface area contributed by atoms with Gasteiger partial charge >= 0.3 is 0 Å². The van der Waals surface area contributed by atoms with Crippen molar-refractivity contribution in [3.8, 4) is 16.9 Å². The van der Waals surface area contributed by atoms with Gasteiger partial charge in [0.15, 0.2) is 0 Å². The molecule has 1 aliphatic rings. The van der Waals surface area contributed by atoms with E-state index < -0.39 is 5.41 Å². The van der Waals surface area contributed by atoms with E-state index in [0.717, 1.165) is 51.0 Å². The van der Waals surface area contributed by atoms with E-state index in [-0.39, 0.29) is 5.82 Å². The average Bonchev–Trinajstić information content (AvgIpc) is 3.60. The molecule has 5 aromatic rings. The molecule has 3 heteroatoms. The molecular formula is C33H26FNO. The fourth-order valence-corrected chi connectivity index (χ4v) is 5.67. The highest BCUT2D eigenvalue weighted by Gasteiger charge is 2.45. The molecule has 0 unspecified atom stereocenters. The first-order valence-electron chi connectivity index (χ1n) is 12.2. The molecule has 0 radical (unpaired) electrons. The van der Waals surface area contributed by atoms with Crippen LogP contribution >= 0.6 is 0 Å². The van der Waals surface area contributed by atoms with Crippen LogP contribution in [0.4, 0.5) is 4.39 Å². The number of H-pyrrole nitrogens is 1. The lowest BCUT2D eigenvalue weighted by atomic mass is 9.64. The number of nitrogens with one attached hydrogen (secondary N) is 1. The topological polar surface area (TPSA) is 25.0 Å². The highest BCUT2D eigenvalue weighted by atomic mass is 19.1. The first kappa shape index (κ1) is 22.1. The largest absolute Gasteiger partial charge is 0.496 e. The molecule has 2 nitrogen and oxygen atoms in total. The van der Waals surface area contributed by atoms with Gasteiger partial charge in [0, 0.05) is 27.7 Å². The van der Waals surface area contributed by atoms with E-state index in [2.05, 4.69) is 71.7 Å². The third kappa shape index (κ3) is 3.39. The van der Waals surface area contributed by atoms with Gasteiger partial charge in [-0.25, -0.2) is 4.39 Å². The molecule has 176 valence electrons.